The van der Waals surface area contributed by atoms with Gasteiger partial charge < -0.3 is 10.8 Å². The molecule has 0 saturated carbocycles. The number of nitrogen functional groups attached to an aromatic ring is 1. The van der Waals surface area contributed by atoms with E-state index in [-0.39, 0.29) is 24.1 Å². The normalized spacial score (nSPS) is 21.1. The molecule has 0 bridgehead atoms. The van der Waals surface area contributed by atoms with Gasteiger partial charge in [0.1, 0.15) is 0 Å². The average molecular weight is 298 g/mol. The topological polar surface area (TPSA) is 101 Å². The molecule has 0 aromatic heterocycles. The number of carboxylic acid groups (broad SMARTS) is 1. The van der Waals surface area contributed by atoms with E-state index in [2.05, 4.69) is 0 Å². The highest BCUT2D eigenvalue weighted by Gasteiger charge is 2.33. The summed E-state index contributed by atoms with van der Waals surface area (Å²) in [6.45, 7) is 0.247. The number of sulfone groups is 1. The van der Waals surface area contributed by atoms with Gasteiger partial charge in [-0.25, -0.2) is 8.42 Å². The molecule has 1 fully saturated rings. The van der Waals surface area contributed by atoms with E-state index in [1.165, 1.54) is 0 Å². The molecular formula is C13H18N2O4S. The molecule has 20 heavy (non-hydrogen) atoms. The first-order valence-corrected chi connectivity index (χ1v) is 8.18. The van der Waals surface area contributed by atoms with E-state index in [1.54, 1.807) is 17.0 Å². The van der Waals surface area contributed by atoms with Gasteiger partial charge >= 0.3 is 5.97 Å². The number of hydrogen-bond acceptors (Lipinski definition) is 5. The minimum atomic E-state index is -3.03. The predicted molar refractivity (Wildman–Crippen MR) is 76.0 cm³/mol. The maximum Gasteiger partial charge on any atom is 0.317 e. The molecular weight excluding hydrogens is 280 g/mol. The summed E-state index contributed by atoms with van der Waals surface area (Å²) in [4.78, 5) is 12.7. The smallest absolute Gasteiger partial charge is 0.317 e. The molecule has 1 aliphatic rings. The van der Waals surface area contributed by atoms with Crippen molar-refractivity contribution in [3.8, 4) is 0 Å². The van der Waals surface area contributed by atoms with Gasteiger partial charge in [0.05, 0.1) is 18.1 Å². The minimum absolute atomic E-state index is 0.0370. The molecule has 1 aliphatic heterocycles. The van der Waals surface area contributed by atoms with Crippen molar-refractivity contribution in [2.45, 2.75) is 19.0 Å². The van der Waals surface area contributed by atoms with Crippen LogP contribution in [0.15, 0.2) is 24.3 Å². The number of nitrogens with zero attached hydrogens (tertiary/aromatic N) is 1. The van der Waals surface area contributed by atoms with Crippen LogP contribution in [0.2, 0.25) is 0 Å². The lowest BCUT2D eigenvalue weighted by atomic mass is 10.1. The molecule has 6 nitrogen and oxygen atoms in total. The van der Waals surface area contributed by atoms with Crippen LogP contribution in [-0.2, 0) is 21.2 Å². The second-order valence-corrected chi connectivity index (χ2v) is 7.33. The van der Waals surface area contributed by atoms with Crippen molar-refractivity contribution in [1.82, 2.24) is 4.90 Å². The molecule has 7 heteroatoms. The van der Waals surface area contributed by atoms with E-state index in [9.17, 15) is 13.2 Å². The number of nitrogens with two attached hydrogens (primary N) is 1. The SMILES string of the molecule is Nc1ccc(CN(CC(=O)O)[C@H]2CCS(=O)(=O)C2)cc1. The molecule has 2 rings (SSSR count). The van der Waals surface area contributed by atoms with E-state index in [4.69, 9.17) is 10.8 Å². The highest BCUT2D eigenvalue weighted by atomic mass is 32.2. The summed E-state index contributed by atoms with van der Waals surface area (Å²) in [6.07, 6.45) is 0.491. The van der Waals surface area contributed by atoms with Gasteiger partial charge in [-0.1, -0.05) is 12.1 Å². The third kappa shape index (κ3) is 3.94. The fourth-order valence-corrected chi connectivity index (χ4v) is 4.17. The first-order valence-electron chi connectivity index (χ1n) is 6.36. The van der Waals surface area contributed by atoms with Gasteiger partial charge in [-0.3, -0.25) is 9.69 Å². The summed E-state index contributed by atoms with van der Waals surface area (Å²) in [5, 5.41) is 8.99. The van der Waals surface area contributed by atoms with Crippen molar-refractivity contribution >= 4 is 21.5 Å². The third-order valence-electron chi connectivity index (χ3n) is 3.43. The highest BCUT2D eigenvalue weighted by molar-refractivity contribution is 7.91. The van der Waals surface area contributed by atoms with Crippen molar-refractivity contribution in [2.75, 3.05) is 23.8 Å². The van der Waals surface area contributed by atoms with E-state index in [0.29, 0.717) is 18.7 Å². The van der Waals surface area contributed by atoms with E-state index < -0.39 is 15.8 Å². The monoisotopic (exact) mass is 298 g/mol. The molecule has 1 atom stereocenters. The van der Waals surface area contributed by atoms with Crippen molar-refractivity contribution < 1.29 is 18.3 Å². The number of rotatable bonds is 5. The first-order chi connectivity index (χ1) is 9.35. The summed E-state index contributed by atoms with van der Waals surface area (Å²) in [6, 6.07) is 6.93. The summed E-state index contributed by atoms with van der Waals surface area (Å²) in [5.41, 5.74) is 7.17. The number of benzene rings is 1. The second kappa shape index (κ2) is 5.80. The predicted octanol–water partition coefficient (Wildman–Crippen LogP) is 0.343. The molecule has 3 N–H and O–H groups in total. The van der Waals surface area contributed by atoms with Crippen molar-refractivity contribution in [3.05, 3.63) is 29.8 Å². The molecule has 1 aromatic rings. The molecule has 0 unspecified atom stereocenters. The van der Waals surface area contributed by atoms with Crippen LogP contribution >= 0.6 is 0 Å². The van der Waals surface area contributed by atoms with Crippen LogP contribution in [0.5, 0.6) is 0 Å². The lowest BCUT2D eigenvalue weighted by Gasteiger charge is -2.26. The standard InChI is InChI=1S/C13H18N2O4S/c14-11-3-1-10(2-4-11)7-15(8-13(16)17)12-5-6-20(18,19)9-12/h1-4,12H,5-9,14H2,(H,16,17)/t12-/m0/s1. The van der Waals surface area contributed by atoms with Crippen molar-refractivity contribution in [2.24, 2.45) is 0 Å². The number of hydrogen-bond donors (Lipinski definition) is 2. The molecule has 110 valence electrons. The Morgan fingerprint density at radius 2 is 2.00 bits per heavy atom. The Bertz CT molecular complexity index is 583. The quantitative estimate of drug-likeness (QED) is 0.760. The molecule has 1 aromatic carbocycles. The summed E-state index contributed by atoms with van der Waals surface area (Å²) in [7, 11) is -3.03. The zero-order valence-corrected chi connectivity index (χ0v) is 11.8. The van der Waals surface area contributed by atoms with Crippen LogP contribution < -0.4 is 5.73 Å². The number of carbonyl (C=O) groups is 1. The van der Waals surface area contributed by atoms with Crippen LogP contribution in [0.3, 0.4) is 0 Å². The van der Waals surface area contributed by atoms with Gasteiger partial charge in [0.15, 0.2) is 9.84 Å². The summed E-state index contributed by atoms with van der Waals surface area (Å²) >= 11 is 0. The fraction of sp³-hybridized carbons (Fsp3) is 0.462. The Labute approximate surface area is 118 Å². The molecule has 0 spiro atoms. The molecule has 0 amide bonds. The Hall–Kier alpha value is -1.60. The van der Waals surface area contributed by atoms with Gasteiger partial charge in [0.25, 0.3) is 0 Å². The maximum absolute atomic E-state index is 11.5. The molecule has 0 radical (unpaired) electrons. The van der Waals surface area contributed by atoms with Crippen LogP contribution in [0.25, 0.3) is 0 Å². The highest BCUT2D eigenvalue weighted by Crippen LogP contribution is 2.20. The lowest BCUT2D eigenvalue weighted by molar-refractivity contribution is -0.139. The second-order valence-electron chi connectivity index (χ2n) is 5.10. The van der Waals surface area contributed by atoms with Gasteiger partial charge in [-0.2, -0.15) is 0 Å². The fourth-order valence-electron chi connectivity index (χ4n) is 2.41. The lowest BCUT2D eigenvalue weighted by Crippen LogP contribution is -2.39. The van der Waals surface area contributed by atoms with Gasteiger partial charge in [0.2, 0.25) is 0 Å². The Morgan fingerprint density at radius 3 is 2.50 bits per heavy atom. The van der Waals surface area contributed by atoms with Crippen molar-refractivity contribution in [1.29, 1.82) is 0 Å². The van der Waals surface area contributed by atoms with Crippen LogP contribution in [-0.4, -0.2) is 48.5 Å². The number of carboxylic acids is 1. The molecule has 1 saturated heterocycles. The third-order valence-corrected chi connectivity index (χ3v) is 5.18. The van der Waals surface area contributed by atoms with Gasteiger partial charge in [-0.05, 0) is 24.1 Å². The largest absolute Gasteiger partial charge is 0.480 e. The molecule has 0 aliphatic carbocycles. The van der Waals surface area contributed by atoms with Crippen LogP contribution in [0.1, 0.15) is 12.0 Å². The van der Waals surface area contributed by atoms with E-state index in [1.807, 2.05) is 12.1 Å². The minimum Gasteiger partial charge on any atom is -0.480 e. The first kappa shape index (κ1) is 14.8. The Kier molecular flexibility index (Phi) is 4.29. The van der Waals surface area contributed by atoms with E-state index >= 15 is 0 Å². The zero-order chi connectivity index (χ0) is 14.8. The zero-order valence-electron chi connectivity index (χ0n) is 11.0. The Morgan fingerprint density at radius 1 is 1.35 bits per heavy atom. The summed E-state index contributed by atoms with van der Waals surface area (Å²) in [5.74, 6) is -0.783. The maximum atomic E-state index is 11.5. The van der Waals surface area contributed by atoms with Gasteiger partial charge in [0, 0.05) is 18.3 Å². The average Bonchev–Trinajstić information content (AvgIpc) is 2.71. The summed E-state index contributed by atoms with van der Waals surface area (Å²) < 4.78 is 23.1. The molecule has 1 heterocycles. The number of aliphatic carboxylic acids is 1. The van der Waals surface area contributed by atoms with Crippen LogP contribution in [0, 0.1) is 0 Å². The number of anilines is 1. The van der Waals surface area contributed by atoms with Gasteiger partial charge in [-0.15, -0.1) is 0 Å². The Balaban J connectivity index is 2.11. The van der Waals surface area contributed by atoms with Crippen molar-refractivity contribution in [3.63, 3.8) is 0 Å². The van der Waals surface area contributed by atoms with E-state index in [0.717, 1.165) is 5.56 Å². The van der Waals surface area contributed by atoms with Crippen LogP contribution in [0.4, 0.5) is 5.69 Å².